The van der Waals surface area contributed by atoms with E-state index in [9.17, 15) is 23.9 Å². The van der Waals surface area contributed by atoms with Crippen molar-refractivity contribution in [2.24, 2.45) is 23.7 Å². The van der Waals surface area contributed by atoms with Crippen molar-refractivity contribution in [3.05, 3.63) is 106 Å². The third-order valence-electron chi connectivity index (χ3n) is 10.3. The second-order valence-electron chi connectivity index (χ2n) is 12.7. The summed E-state index contributed by atoms with van der Waals surface area (Å²) < 4.78 is 13.8. The van der Waals surface area contributed by atoms with Crippen molar-refractivity contribution < 1.29 is 28.7 Å². The van der Waals surface area contributed by atoms with Gasteiger partial charge in [0.1, 0.15) is 11.6 Å². The summed E-state index contributed by atoms with van der Waals surface area (Å²) in [7, 11) is 0. The largest absolute Gasteiger partial charge is 0.508 e. The summed E-state index contributed by atoms with van der Waals surface area (Å²) >= 11 is 6.32. The SMILES string of the molecule is CCCN1C(=O)C2CC=C3C(CC4C(=O)N(Nc5ccc(F)cc5)C(=O)C4(c4ccc(Cl)cc4)C3c3ccc(O)c(C)c3)C2C1=O. The Labute approximate surface area is 270 Å². The maximum Gasteiger partial charge on any atom is 0.260 e. The van der Waals surface area contributed by atoms with Gasteiger partial charge in [0.2, 0.25) is 11.8 Å². The van der Waals surface area contributed by atoms with Gasteiger partial charge in [0.25, 0.3) is 11.8 Å². The Hall–Kier alpha value is -4.50. The highest BCUT2D eigenvalue weighted by atomic mass is 35.5. The molecule has 2 aliphatic heterocycles. The smallest absolute Gasteiger partial charge is 0.260 e. The summed E-state index contributed by atoms with van der Waals surface area (Å²) in [4.78, 5) is 58.4. The van der Waals surface area contributed by atoms with Crippen LogP contribution in [0, 0.1) is 36.4 Å². The molecule has 6 atom stereocenters. The van der Waals surface area contributed by atoms with E-state index in [0.29, 0.717) is 46.8 Å². The summed E-state index contributed by atoms with van der Waals surface area (Å²) in [5.74, 6) is -5.04. The van der Waals surface area contributed by atoms with Crippen molar-refractivity contribution in [2.45, 2.75) is 44.4 Å². The number of hydrazine groups is 1. The number of nitrogens with zero attached hydrogens (tertiary/aromatic N) is 2. The van der Waals surface area contributed by atoms with Crippen LogP contribution in [0.25, 0.3) is 0 Å². The number of rotatable bonds is 6. The highest BCUT2D eigenvalue weighted by molar-refractivity contribution is 6.30. The number of hydrogen-bond donors (Lipinski definition) is 2. The molecule has 8 nitrogen and oxygen atoms in total. The summed E-state index contributed by atoms with van der Waals surface area (Å²) in [5, 5.41) is 12.0. The average molecular weight is 642 g/mol. The fourth-order valence-corrected chi connectivity index (χ4v) is 8.52. The molecule has 0 spiro atoms. The monoisotopic (exact) mass is 641 g/mol. The molecule has 3 aromatic rings. The molecule has 2 heterocycles. The zero-order valence-electron chi connectivity index (χ0n) is 25.4. The number of phenols is 1. The molecule has 3 fully saturated rings. The van der Waals surface area contributed by atoms with E-state index in [-0.39, 0.29) is 24.0 Å². The molecule has 3 aromatic carbocycles. The van der Waals surface area contributed by atoms with Crippen LogP contribution in [-0.2, 0) is 24.6 Å². The van der Waals surface area contributed by atoms with Crippen LogP contribution in [-0.4, -0.2) is 45.2 Å². The first-order valence-electron chi connectivity index (χ1n) is 15.6. The van der Waals surface area contributed by atoms with Gasteiger partial charge in [0, 0.05) is 17.5 Å². The van der Waals surface area contributed by atoms with Crippen molar-refractivity contribution in [3.8, 4) is 5.75 Å². The molecular weight excluding hydrogens is 609 g/mol. The van der Waals surface area contributed by atoms with Crippen LogP contribution >= 0.6 is 11.6 Å². The Morgan fingerprint density at radius 1 is 0.957 bits per heavy atom. The van der Waals surface area contributed by atoms with Gasteiger partial charge in [-0.3, -0.25) is 29.5 Å². The van der Waals surface area contributed by atoms with Crippen LogP contribution < -0.4 is 5.43 Å². The van der Waals surface area contributed by atoms with Gasteiger partial charge in [-0.05, 0) is 91.3 Å². The number of carbonyl (C=O) groups is 4. The number of fused-ring (bicyclic) bond motifs is 4. The number of allylic oxidation sites excluding steroid dienone is 2. The fraction of sp³-hybridized carbons (Fsp3) is 0.333. The zero-order valence-corrected chi connectivity index (χ0v) is 26.1. The van der Waals surface area contributed by atoms with E-state index in [1.54, 1.807) is 43.3 Å². The van der Waals surface area contributed by atoms with Gasteiger partial charge in [-0.15, -0.1) is 0 Å². The molecule has 4 aliphatic rings. The molecule has 2 aliphatic carbocycles. The Balaban J connectivity index is 1.45. The number of anilines is 1. The number of hydrogen-bond acceptors (Lipinski definition) is 6. The quantitative estimate of drug-likeness (QED) is 0.257. The molecule has 6 unspecified atom stereocenters. The topological polar surface area (TPSA) is 107 Å². The first-order valence-corrected chi connectivity index (χ1v) is 16.0. The highest BCUT2D eigenvalue weighted by Gasteiger charge is 2.70. The van der Waals surface area contributed by atoms with Gasteiger partial charge in [0.15, 0.2) is 0 Å². The number of halogens is 2. The Morgan fingerprint density at radius 3 is 2.35 bits per heavy atom. The molecule has 0 bridgehead atoms. The van der Waals surface area contributed by atoms with Crippen molar-refractivity contribution in [1.29, 1.82) is 0 Å². The first-order chi connectivity index (χ1) is 22.1. The van der Waals surface area contributed by atoms with E-state index >= 15 is 4.79 Å². The highest BCUT2D eigenvalue weighted by Crippen LogP contribution is 2.64. The third kappa shape index (κ3) is 4.31. The Morgan fingerprint density at radius 2 is 1.67 bits per heavy atom. The van der Waals surface area contributed by atoms with Gasteiger partial charge >= 0.3 is 0 Å². The van der Waals surface area contributed by atoms with E-state index in [2.05, 4.69) is 5.43 Å². The van der Waals surface area contributed by atoms with Crippen LogP contribution in [0.15, 0.2) is 78.4 Å². The van der Waals surface area contributed by atoms with E-state index in [1.165, 1.54) is 29.2 Å². The standard InChI is InChI=1S/C36H33ClFN3O5/c1-3-16-40-32(43)26-14-13-25-27(30(26)34(40)45)18-28-33(44)41(39-24-11-9-23(38)10-12-24)35(46)36(28,21-5-7-22(37)8-6-21)31(25)20-4-15-29(42)19(2)17-20/h4-13,15,17,26-28,30-31,39,42H,3,14,16,18H2,1-2H3. The van der Waals surface area contributed by atoms with Crippen LogP contribution in [0.1, 0.15) is 48.8 Å². The molecule has 46 heavy (non-hydrogen) atoms. The number of aryl methyl sites for hydroxylation is 1. The van der Waals surface area contributed by atoms with Crippen LogP contribution in [0.4, 0.5) is 10.1 Å². The molecule has 2 saturated heterocycles. The van der Waals surface area contributed by atoms with Gasteiger partial charge in [-0.2, -0.15) is 5.01 Å². The molecule has 7 rings (SSSR count). The minimum absolute atomic E-state index is 0.0890. The van der Waals surface area contributed by atoms with E-state index in [0.717, 1.165) is 10.6 Å². The second-order valence-corrected chi connectivity index (χ2v) is 13.2. The Bertz CT molecular complexity index is 1810. The molecule has 0 aromatic heterocycles. The average Bonchev–Trinajstić information content (AvgIpc) is 3.41. The van der Waals surface area contributed by atoms with E-state index in [1.807, 2.05) is 19.1 Å². The van der Waals surface area contributed by atoms with Gasteiger partial charge in [-0.1, -0.05) is 54.4 Å². The summed E-state index contributed by atoms with van der Waals surface area (Å²) in [5.41, 5.74) is 4.56. The molecular formula is C36H33ClFN3O5. The molecule has 1 saturated carbocycles. The number of benzene rings is 3. The van der Waals surface area contributed by atoms with Crippen LogP contribution in [0.2, 0.25) is 5.02 Å². The predicted molar refractivity (Wildman–Crippen MR) is 169 cm³/mol. The van der Waals surface area contributed by atoms with Gasteiger partial charge < -0.3 is 5.11 Å². The number of carbonyl (C=O) groups excluding carboxylic acids is 4. The number of phenolic OH excluding ortho intramolecular Hbond substituents is 1. The number of amides is 4. The van der Waals surface area contributed by atoms with Crippen molar-refractivity contribution in [3.63, 3.8) is 0 Å². The second kappa shape index (κ2) is 11.1. The molecule has 10 heteroatoms. The minimum Gasteiger partial charge on any atom is -0.508 e. The summed E-state index contributed by atoms with van der Waals surface area (Å²) in [6, 6.07) is 17.4. The number of likely N-dealkylation sites (tertiary alicyclic amines) is 1. The normalized spacial score (nSPS) is 28.6. The predicted octanol–water partition coefficient (Wildman–Crippen LogP) is 5.89. The number of imide groups is 2. The lowest BCUT2D eigenvalue weighted by atomic mass is 9.49. The van der Waals surface area contributed by atoms with Crippen LogP contribution in [0.3, 0.4) is 0 Å². The van der Waals surface area contributed by atoms with Gasteiger partial charge in [0.05, 0.1) is 28.9 Å². The first kappa shape index (κ1) is 30.2. The molecule has 4 amide bonds. The summed E-state index contributed by atoms with van der Waals surface area (Å²) in [6.45, 7) is 4.02. The Kier molecular flexibility index (Phi) is 7.27. The third-order valence-corrected chi connectivity index (χ3v) is 10.6. The molecule has 2 N–H and O–H groups in total. The minimum atomic E-state index is -1.46. The zero-order chi connectivity index (χ0) is 32.5. The number of nitrogens with one attached hydrogen (secondary N) is 1. The van der Waals surface area contributed by atoms with Crippen molar-refractivity contribution in [2.75, 3.05) is 12.0 Å². The maximum atomic E-state index is 15.0. The van der Waals surface area contributed by atoms with Gasteiger partial charge in [-0.25, -0.2) is 4.39 Å². The number of aromatic hydroxyl groups is 1. The lowest BCUT2D eigenvalue weighted by molar-refractivity contribution is -0.141. The van der Waals surface area contributed by atoms with Crippen LogP contribution in [0.5, 0.6) is 5.75 Å². The molecule has 0 radical (unpaired) electrons. The van der Waals surface area contributed by atoms with Crippen molar-refractivity contribution >= 4 is 40.9 Å². The van der Waals surface area contributed by atoms with Crippen molar-refractivity contribution in [1.82, 2.24) is 9.91 Å². The van der Waals surface area contributed by atoms with E-state index in [4.69, 9.17) is 11.6 Å². The maximum absolute atomic E-state index is 15.0. The molecule has 236 valence electrons. The lowest BCUT2D eigenvalue weighted by Crippen LogP contribution is -2.53. The summed E-state index contributed by atoms with van der Waals surface area (Å²) in [6.07, 6.45) is 3.15. The fourth-order valence-electron chi connectivity index (χ4n) is 8.40. The lowest BCUT2D eigenvalue weighted by Gasteiger charge is -2.50. The van der Waals surface area contributed by atoms with E-state index < -0.39 is 52.6 Å².